The highest BCUT2D eigenvalue weighted by Crippen LogP contribution is 2.25. The van der Waals surface area contributed by atoms with Crippen LogP contribution in [0.5, 0.6) is 0 Å². The van der Waals surface area contributed by atoms with E-state index in [-0.39, 0.29) is 5.76 Å². The molecule has 106 valence electrons. The fourth-order valence-electron chi connectivity index (χ4n) is 1.66. The van der Waals surface area contributed by atoms with E-state index in [4.69, 9.17) is 14.0 Å². The zero-order valence-electron chi connectivity index (χ0n) is 10.7. The molecule has 0 amide bonds. The van der Waals surface area contributed by atoms with Crippen LogP contribution in [-0.4, -0.2) is 21.2 Å². The van der Waals surface area contributed by atoms with E-state index in [1.807, 2.05) is 30.3 Å². The van der Waals surface area contributed by atoms with Gasteiger partial charge in [0.1, 0.15) is 0 Å². The summed E-state index contributed by atoms with van der Waals surface area (Å²) in [4.78, 5) is 15.0. The summed E-state index contributed by atoms with van der Waals surface area (Å²) >= 11 is 1.31. The van der Waals surface area contributed by atoms with Gasteiger partial charge < -0.3 is 14.0 Å². The summed E-state index contributed by atoms with van der Waals surface area (Å²) in [6.45, 7) is 0. The average Bonchev–Trinajstić information content (AvgIpc) is 3.15. The van der Waals surface area contributed by atoms with Crippen molar-refractivity contribution in [1.82, 2.24) is 10.1 Å². The van der Waals surface area contributed by atoms with Crippen LogP contribution < -0.4 is 0 Å². The maximum atomic E-state index is 10.7. The normalized spacial score (nSPS) is 10.7. The van der Waals surface area contributed by atoms with Gasteiger partial charge in [-0.3, -0.25) is 0 Å². The molecule has 2 aromatic heterocycles. The zero-order chi connectivity index (χ0) is 14.7. The quantitative estimate of drug-likeness (QED) is 0.723. The number of carboxylic acids is 1. The van der Waals surface area contributed by atoms with E-state index in [0.29, 0.717) is 22.6 Å². The van der Waals surface area contributed by atoms with Crippen LogP contribution in [0.2, 0.25) is 0 Å². The van der Waals surface area contributed by atoms with Crippen LogP contribution in [0.4, 0.5) is 0 Å². The molecule has 1 aromatic carbocycles. The highest BCUT2D eigenvalue weighted by Gasteiger charge is 2.12. The van der Waals surface area contributed by atoms with Crippen molar-refractivity contribution in [1.29, 1.82) is 0 Å². The lowest BCUT2D eigenvalue weighted by atomic mass is 10.2. The molecule has 0 aliphatic rings. The Balaban J connectivity index is 1.66. The Morgan fingerprint density at radius 1 is 1.19 bits per heavy atom. The van der Waals surface area contributed by atoms with Crippen LogP contribution in [-0.2, 0) is 5.75 Å². The van der Waals surface area contributed by atoms with Crippen LogP contribution in [0, 0.1) is 0 Å². The smallest absolute Gasteiger partial charge is 0.371 e. The minimum atomic E-state index is -1.09. The second-order valence-electron chi connectivity index (χ2n) is 4.09. The summed E-state index contributed by atoms with van der Waals surface area (Å²) in [7, 11) is 0. The number of carboxylic acid groups (broad SMARTS) is 1. The molecule has 0 radical (unpaired) electrons. The Kier molecular flexibility index (Phi) is 3.74. The lowest BCUT2D eigenvalue weighted by molar-refractivity contribution is 0.0656. The van der Waals surface area contributed by atoms with Gasteiger partial charge in [0.25, 0.3) is 5.89 Å². The van der Waals surface area contributed by atoms with E-state index >= 15 is 0 Å². The summed E-state index contributed by atoms with van der Waals surface area (Å²) in [6, 6.07) is 12.5. The molecule has 3 rings (SSSR count). The molecule has 3 aromatic rings. The standard InChI is InChI=1S/C14H10N2O4S/c17-14(18)10-6-7-12(19-10)21-8-11-15-13(20-16-11)9-4-2-1-3-5-9/h1-7H,8H2,(H,17,18). The largest absolute Gasteiger partial charge is 0.475 e. The van der Waals surface area contributed by atoms with E-state index in [9.17, 15) is 4.79 Å². The number of rotatable bonds is 5. The Labute approximate surface area is 123 Å². The average molecular weight is 302 g/mol. The van der Waals surface area contributed by atoms with E-state index in [2.05, 4.69) is 10.1 Å². The minimum absolute atomic E-state index is 0.0874. The molecule has 0 atom stereocenters. The molecule has 0 aliphatic carbocycles. The van der Waals surface area contributed by atoms with Crippen LogP contribution in [0.25, 0.3) is 11.5 Å². The predicted molar refractivity (Wildman–Crippen MR) is 75.0 cm³/mol. The van der Waals surface area contributed by atoms with Crippen LogP contribution >= 0.6 is 11.8 Å². The summed E-state index contributed by atoms with van der Waals surface area (Å²) in [5.41, 5.74) is 0.854. The van der Waals surface area contributed by atoms with Crippen LogP contribution in [0.1, 0.15) is 16.4 Å². The van der Waals surface area contributed by atoms with Crippen molar-refractivity contribution in [3.8, 4) is 11.5 Å². The molecule has 21 heavy (non-hydrogen) atoms. The molecular weight excluding hydrogens is 292 g/mol. The van der Waals surface area contributed by atoms with Crippen molar-refractivity contribution >= 4 is 17.7 Å². The Bertz CT molecular complexity index is 751. The number of carbonyl (C=O) groups is 1. The molecule has 0 unspecified atom stereocenters. The zero-order valence-corrected chi connectivity index (χ0v) is 11.5. The Hall–Kier alpha value is -2.54. The van der Waals surface area contributed by atoms with Crippen molar-refractivity contribution in [3.05, 3.63) is 54.0 Å². The molecule has 7 heteroatoms. The van der Waals surface area contributed by atoms with Gasteiger partial charge in [-0.2, -0.15) is 4.98 Å². The monoisotopic (exact) mass is 302 g/mol. The maximum Gasteiger partial charge on any atom is 0.371 e. The number of nitrogens with zero attached hydrogens (tertiary/aromatic N) is 2. The Morgan fingerprint density at radius 2 is 2.00 bits per heavy atom. The highest BCUT2D eigenvalue weighted by molar-refractivity contribution is 7.98. The number of thioether (sulfide) groups is 1. The number of hydrogen-bond donors (Lipinski definition) is 1. The first-order valence-corrected chi connectivity index (χ1v) is 7.05. The van der Waals surface area contributed by atoms with Crippen molar-refractivity contribution < 1.29 is 18.8 Å². The van der Waals surface area contributed by atoms with Gasteiger partial charge >= 0.3 is 5.97 Å². The van der Waals surface area contributed by atoms with Gasteiger partial charge in [-0.15, -0.1) is 0 Å². The highest BCUT2D eigenvalue weighted by atomic mass is 32.2. The molecule has 0 saturated carbocycles. The molecule has 0 spiro atoms. The van der Waals surface area contributed by atoms with E-state index in [1.165, 1.54) is 17.8 Å². The number of hydrogen-bond acceptors (Lipinski definition) is 6. The lowest BCUT2D eigenvalue weighted by Gasteiger charge is -1.92. The summed E-state index contributed by atoms with van der Waals surface area (Å²) in [5, 5.41) is 13.2. The fourth-order valence-corrected chi connectivity index (χ4v) is 2.36. The minimum Gasteiger partial charge on any atom is -0.475 e. The molecule has 0 saturated heterocycles. The third-order valence-electron chi connectivity index (χ3n) is 2.62. The third-order valence-corrected chi connectivity index (χ3v) is 3.53. The molecule has 0 bridgehead atoms. The fraction of sp³-hybridized carbons (Fsp3) is 0.0714. The van der Waals surface area contributed by atoms with Gasteiger partial charge in [0.2, 0.25) is 5.76 Å². The Morgan fingerprint density at radius 3 is 2.71 bits per heavy atom. The molecule has 2 heterocycles. The van der Waals surface area contributed by atoms with Crippen LogP contribution in [0.15, 0.2) is 56.5 Å². The van der Waals surface area contributed by atoms with E-state index in [1.54, 1.807) is 6.07 Å². The molecule has 1 N–H and O–H groups in total. The molecule has 6 nitrogen and oxygen atoms in total. The maximum absolute atomic E-state index is 10.7. The van der Waals surface area contributed by atoms with Gasteiger partial charge in [-0.25, -0.2) is 4.79 Å². The summed E-state index contributed by atoms with van der Waals surface area (Å²) < 4.78 is 10.3. The first-order chi connectivity index (χ1) is 10.2. The van der Waals surface area contributed by atoms with Crippen molar-refractivity contribution in [2.75, 3.05) is 0 Å². The lowest BCUT2D eigenvalue weighted by Crippen LogP contribution is -1.91. The summed E-state index contributed by atoms with van der Waals surface area (Å²) in [6.07, 6.45) is 0. The second kappa shape index (κ2) is 5.84. The molecule has 0 fully saturated rings. The van der Waals surface area contributed by atoms with Crippen molar-refractivity contribution in [3.63, 3.8) is 0 Å². The van der Waals surface area contributed by atoms with Crippen molar-refractivity contribution in [2.45, 2.75) is 10.8 Å². The van der Waals surface area contributed by atoms with Gasteiger partial charge in [-0.1, -0.05) is 35.1 Å². The first-order valence-electron chi connectivity index (χ1n) is 6.06. The molecular formula is C14H10N2O4S. The molecule has 0 aliphatic heterocycles. The number of furan rings is 1. The van der Waals surface area contributed by atoms with Crippen molar-refractivity contribution in [2.24, 2.45) is 0 Å². The summed E-state index contributed by atoms with van der Waals surface area (Å²) in [5.74, 6) is 0.232. The third kappa shape index (κ3) is 3.14. The van der Waals surface area contributed by atoms with Gasteiger partial charge in [0.15, 0.2) is 10.9 Å². The second-order valence-corrected chi connectivity index (χ2v) is 5.07. The number of aromatic carboxylic acids is 1. The SMILES string of the molecule is O=C(O)c1ccc(SCc2noc(-c3ccccc3)n2)o1. The van der Waals surface area contributed by atoms with Gasteiger partial charge in [0.05, 0.1) is 5.75 Å². The number of benzene rings is 1. The van der Waals surface area contributed by atoms with Gasteiger partial charge in [0, 0.05) is 5.56 Å². The van der Waals surface area contributed by atoms with E-state index in [0.717, 1.165) is 5.56 Å². The predicted octanol–water partition coefficient (Wildman–Crippen LogP) is 3.32. The van der Waals surface area contributed by atoms with Gasteiger partial charge in [-0.05, 0) is 24.3 Å². The van der Waals surface area contributed by atoms with E-state index < -0.39 is 5.97 Å². The van der Waals surface area contributed by atoms with Crippen LogP contribution in [0.3, 0.4) is 0 Å². The first kappa shape index (κ1) is 13.4. The topological polar surface area (TPSA) is 89.4 Å². The number of aromatic nitrogens is 2.